The van der Waals surface area contributed by atoms with Crippen LogP contribution in [0.4, 0.5) is 5.82 Å². The fourth-order valence-corrected chi connectivity index (χ4v) is 1.09. The zero-order valence-electron chi connectivity index (χ0n) is 16.4. The summed E-state index contributed by atoms with van der Waals surface area (Å²) in [6, 6.07) is 1.09. The van der Waals surface area contributed by atoms with E-state index in [1.165, 1.54) is 0 Å². The van der Waals surface area contributed by atoms with Gasteiger partial charge in [0, 0.05) is 32.9 Å². The van der Waals surface area contributed by atoms with Gasteiger partial charge in [-0.3, -0.25) is 0 Å². The number of rotatable bonds is 1. The summed E-state index contributed by atoms with van der Waals surface area (Å²) in [5.41, 5.74) is 0. The third-order valence-electron chi connectivity index (χ3n) is 1.30. The van der Waals surface area contributed by atoms with Crippen molar-refractivity contribution < 1.29 is 13.7 Å². The van der Waals surface area contributed by atoms with E-state index in [9.17, 15) is 0 Å². The molecule has 0 spiro atoms. The third-order valence-corrected chi connectivity index (χ3v) is 1.68. The molecular formula is C9H12BrN3. The average Bonchev–Trinajstić information content (AvgIpc) is 2.36. The van der Waals surface area contributed by atoms with Gasteiger partial charge in [0.05, 0.1) is 0 Å². The molecule has 0 aromatic carbocycles. The van der Waals surface area contributed by atoms with Crippen molar-refractivity contribution in [3.05, 3.63) is 17.0 Å². The molecule has 2 heterocycles. The quantitative estimate of drug-likeness (QED) is 0.718. The lowest BCUT2D eigenvalue weighted by Gasteiger charge is -2.27. The fourth-order valence-electron chi connectivity index (χ4n) is 0.792. The van der Waals surface area contributed by atoms with E-state index in [1.54, 1.807) is 0 Å². The Morgan fingerprint density at radius 1 is 1.38 bits per heavy atom. The first-order valence-corrected chi connectivity index (χ1v) is 4.20. The Hall–Kier alpha value is -0.640. The average molecular weight is 252 g/mol. The van der Waals surface area contributed by atoms with Gasteiger partial charge in [-0.25, -0.2) is 9.97 Å². The van der Waals surface area contributed by atoms with Crippen LogP contribution in [0.25, 0.3) is 0 Å². The van der Waals surface area contributed by atoms with Gasteiger partial charge in [0.25, 0.3) is 0 Å². The highest BCUT2D eigenvalue weighted by molar-refractivity contribution is 9.10. The highest BCUT2D eigenvalue weighted by Gasteiger charge is 2.11. The number of piperidine rings is 1. The van der Waals surface area contributed by atoms with Crippen LogP contribution in [0.5, 0.6) is 0 Å². The smallest absolute Gasteiger partial charge is 0.198 e. The van der Waals surface area contributed by atoms with E-state index in [4.69, 9.17) is 13.7 Å². The van der Waals surface area contributed by atoms with Crippen molar-refractivity contribution in [2.75, 3.05) is 17.9 Å². The lowest BCUT2D eigenvalue weighted by atomic mass is 10.1. The molecule has 1 aromatic heterocycles. The Labute approximate surface area is 100 Å². The van der Waals surface area contributed by atoms with E-state index in [1.807, 2.05) is 0 Å². The number of anilines is 1. The third kappa shape index (κ3) is 2.18. The molecule has 13 heavy (non-hydrogen) atoms. The van der Waals surface area contributed by atoms with E-state index in [0.29, 0.717) is 0 Å². The summed E-state index contributed by atoms with van der Waals surface area (Å²) in [7, 11) is 0. The van der Waals surface area contributed by atoms with Gasteiger partial charge in [0.2, 0.25) is 0 Å². The second-order valence-electron chi connectivity index (χ2n) is 2.12. The molecule has 1 fully saturated rings. The van der Waals surface area contributed by atoms with Crippen molar-refractivity contribution in [3.8, 4) is 0 Å². The first-order chi connectivity index (χ1) is 10.1. The molecule has 0 unspecified atom stereocenters. The molecular weight excluding hydrogens is 230 g/mol. The summed E-state index contributed by atoms with van der Waals surface area (Å²) in [6.07, 6.45) is -9.01. The van der Waals surface area contributed by atoms with Crippen LogP contribution in [0, 0.1) is 0 Å². The lowest BCUT2D eigenvalue weighted by Crippen LogP contribution is -2.30. The number of halogens is 1. The van der Waals surface area contributed by atoms with E-state index in [0.717, 1.165) is 12.3 Å². The minimum absolute atomic E-state index is 0.0312. The van der Waals surface area contributed by atoms with Crippen LogP contribution in [0.1, 0.15) is 32.8 Å². The molecule has 0 bridgehead atoms. The van der Waals surface area contributed by atoms with Crippen molar-refractivity contribution in [3.63, 3.8) is 0 Å². The monoisotopic (exact) mass is 251 g/mol. The Balaban J connectivity index is 2.80. The Morgan fingerprint density at radius 3 is 2.85 bits per heavy atom. The number of hydrogen-bond acceptors (Lipinski definition) is 3. The van der Waals surface area contributed by atoms with Gasteiger partial charge in [0.1, 0.15) is 5.82 Å². The molecule has 1 aliphatic rings. The topological polar surface area (TPSA) is 29.0 Å². The van der Waals surface area contributed by atoms with Crippen molar-refractivity contribution in [1.82, 2.24) is 9.97 Å². The van der Waals surface area contributed by atoms with Gasteiger partial charge in [-0.2, -0.15) is 0 Å². The molecule has 70 valence electrons. The molecule has 0 saturated carbocycles. The number of aromatic nitrogens is 2. The van der Waals surface area contributed by atoms with E-state index in [2.05, 4.69) is 25.9 Å². The fraction of sp³-hybridized carbons (Fsp3) is 0.556. The van der Waals surface area contributed by atoms with Crippen LogP contribution in [0.2, 0.25) is 0 Å². The molecule has 1 saturated heterocycles. The molecule has 0 atom stereocenters. The molecule has 0 amide bonds. The van der Waals surface area contributed by atoms with Crippen molar-refractivity contribution in [1.29, 1.82) is 0 Å². The first-order valence-electron chi connectivity index (χ1n) is 8.41. The standard InChI is InChI=1S/C9H12BrN3/c10-9-11-5-4-8(12-9)13-6-2-1-3-7-13/h4-5H,1-3,6-7H2/i1D2,2D2,3D2,6D2,7D2. The van der Waals surface area contributed by atoms with Gasteiger partial charge >= 0.3 is 0 Å². The van der Waals surface area contributed by atoms with Gasteiger partial charge in [-0.15, -0.1) is 0 Å². The highest BCUT2D eigenvalue weighted by atomic mass is 79.9. The lowest BCUT2D eigenvalue weighted by molar-refractivity contribution is 0.572. The molecule has 2 rings (SSSR count). The van der Waals surface area contributed by atoms with Crippen molar-refractivity contribution >= 4 is 21.7 Å². The number of hydrogen-bond donors (Lipinski definition) is 0. The molecule has 1 aliphatic heterocycles. The Bertz CT molecular complexity index is 604. The summed E-state index contributed by atoms with van der Waals surface area (Å²) in [5, 5.41) is 0. The zero-order chi connectivity index (χ0) is 18.1. The van der Waals surface area contributed by atoms with Crippen LogP contribution in [0.3, 0.4) is 0 Å². The van der Waals surface area contributed by atoms with Crippen LogP contribution >= 0.6 is 15.9 Å². The summed E-state index contributed by atoms with van der Waals surface area (Å²) in [6.45, 7) is -6.45. The summed E-state index contributed by atoms with van der Waals surface area (Å²) < 4.78 is 78.5. The maximum absolute atomic E-state index is 7.98. The Morgan fingerprint density at radius 2 is 2.15 bits per heavy atom. The zero-order valence-corrected chi connectivity index (χ0v) is 7.96. The maximum Gasteiger partial charge on any atom is 0.198 e. The first kappa shape index (κ1) is 2.92. The van der Waals surface area contributed by atoms with Gasteiger partial charge in [0.15, 0.2) is 4.73 Å². The predicted octanol–water partition coefficient (Wildman–Crippen LogP) is 2.23. The Kier molecular flexibility index (Phi) is 0.910. The van der Waals surface area contributed by atoms with Gasteiger partial charge in [-0.05, 0) is 41.1 Å². The molecule has 3 nitrogen and oxygen atoms in total. The highest BCUT2D eigenvalue weighted by Crippen LogP contribution is 2.17. The summed E-state index contributed by atoms with van der Waals surface area (Å²) in [5.74, 6) is -0.412. The normalized spacial score (nSPS) is 48.2. The molecule has 0 radical (unpaired) electrons. The minimum atomic E-state index is -3.44. The molecule has 4 heteroatoms. The largest absolute Gasteiger partial charge is 0.356 e. The van der Waals surface area contributed by atoms with Crippen LogP contribution in [-0.2, 0) is 0 Å². The SMILES string of the molecule is [2H]C1([2H])N(c2ccnc(Br)n2)C([2H])([2H])C([2H])([2H])C([2H])([2H])C1([2H])[2H]. The summed E-state index contributed by atoms with van der Waals surface area (Å²) >= 11 is 2.93. The second-order valence-corrected chi connectivity index (χ2v) is 2.83. The predicted molar refractivity (Wildman–Crippen MR) is 55.8 cm³/mol. The van der Waals surface area contributed by atoms with E-state index in [-0.39, 0.29) is 9.63 Å². The minimum Gasteiger partial charge on any atom is -0.356 e. The van der Waals surface area contributed by atoms with Gasteiger partial charge < -0.3 is 4.90 Å². The molecule has 0 N–H and O–H groups in total. The summed E-state index contributed by atoms with van der Waals surface area (Å²) in [4.78, 5) is 7.65. The number of nitrogens with zero attached hydrogens (tertiary/aromatic N) is 3. The van der Waals surface area contributed by atoms with Crippen LogP contribution in [0.15, 0.2) is 17.0 Å². The van der Waals surface area contributed by atoms with Crippen molar-refractivity contribution in [2.24, 2.45) is 0 Å². The van der Waals surface area contributed by atoms with Crippen molar-refractivity contribution in [2.45, 2.75) is 19.1 Å². The maximum atomic E-state index is 7.98. The van der Waals surface area contributed by atoms with E-state index < -0.39 is 37.9 Å². The molecule has 0 aliphatic carbocycles. The second kappa shape index (κ2) is 4.05. The van der Waals surface area contributed by atoms with E-state index >= 15 is 0 Å². The van der Waals surface area contributed by atoms with Gasteiger partial charge in [-0.1, -0.05) is 0 Å². The molecule has 1 aromatic rings. The van der Waals surface area contributed by atoms with Crippen LogP contribution in [-0.4, -0.2) is 23.0 Å². The van der Waals surface area contributed by atoms with Crippen LogP contribution < -0.4 is 4.90 Å².